The van der Waals surface area contributed by atoms with Crippen molar-refractivity contribution in [1.82, 2.24) is 15.5 Å². The molecule has 0 spiro atoms. The van der Waals surface area contributed by atoms with E-state index in [0.29, 0.717) is 62.6 Å². The quantitative estimate of drug-likeness (QED) is 0.0502. The van der Waals surface area contributed by atoms with Crippen LogP contribution in [-0.4, -0.2) is 65.3 Å². The lowest BCUT2D eigenvalue weighted by Gasteiger charge is -2.29. The number of halogens is 1. The Morgan fingerprint density at radius 2 is 1.60 bits per heavy atom. The van der Waals surface area contributed by atoms with Gasteiger partial charge in [0.1, 0.15) is 24.1 Å². The molecule has 4 amide bonds. The standard InChI is InChI=1S/C41H41ClN4O6/c42-22-21-32(27-6-2-1-3-7-27)39(28-11-15-30(47)16-12-28)29-13-17-31(18-14-29)52-25-24-44-37(48)10-5-23-43-35-9-4-8-33-34(35)26-46(41(33)51)36-19-20-38(49)45-40(36)50/h1-4,6-9,11-18,36,43,47H,5,10,19-26H2,(H,44,48)(H,45,49,50). The summed E-state index contributed by atoms with van der Waals surface area (Å²) in [7, 11) is 0. The Bertz CT molecular complexity index is 1950. The third kappa shape index (κ3) is 8.63. The molecule has 0 radical (unpaired) electrons. The topological polar surface area (TPSA) is 137 Å². The molecule has 4 aromatic carbocycles. The normalized spacial score (nSPS) is 15.8. The highest BCUT2D eigenvalue weighted by Gasteiger charge is 2.39. The summed E-state index contributed by atoms with van der Waals surface area (Å²) in [5.74, 6) is 0.266. The summed E-state index contributed by atoms with van der Waals surface area (Å²) in [6.07, 6.45) is 2.07. The number of allylic oxidation sites excluding steroid dienone is 1. The second kappa shape index (κ2) is 17.1. The van der Waals surface area contributed by atoms with E-state index in [1.807, 2.05) is 60.7 Å². The van der Waals surface area contributed by atoms with Crippen molar-refractivity contribution in [3.63, 3.8) is 0 Å². The van der Waals surface area contributed by atoms with Crippen LogP contribution in [0.1, 0.15) is 64.7 Å². The molecule has 268 valence electrons. The summed E-state index contributed by atoms with van der Waals surface area (Å²) < 4.78 is 5.93. The van der Waals surface area contributed by atoms with Gasteiger partial charge in [-0.25, -0.2) is 0 Å². The maximum absolute atomic E-state index is 13.1. The smallest absolute Gasteiger partial charge is 0.255 e. The number of piperidine rings is 1. The number of hydrogen-bond donors (Lipinski definition) is 4. The molecule has 1 saturated heterocycles. The zero-order chi connectivity index (χ0) is 36.5. The fourth-order valence-electron chi connectivity index (χ4n) is 6.68. The predicted octanol–water partition coefficient (Wildman–Crippen LogP) is 6.13. The third-order valence-corrected chi connectivity index (χ3v) is 9.43. The maximum atomic E-state index is 13.1. The number of phenols is 1. The van der Waals surface area contributed by atoms with E-state index < -0.39 is 11.9 Å². The summed E-state index contributed by atoms with van der Waals surface area (Å²) in [6, 6.07) is 29.9. The highest BCUT2D eigenvalue weighted by molar-refractivity contribution is 6.18. The molecule has 11 heteroatoms. The van der Waals surface area contributed by atoms with Crippen molar-refractivity contribution in [2.75, 3.05) is 30.9 Å². The van der Waals surface area contributed by atoms with Crippen molar-refractivity contribution in [3.8, 4) is 11.5 Å². The first kappa shape index (κ1) is 36.2. The number of nitrogens with one attached hydrogen (secondary N) is 3. The van der Waals surface area contributed by atoms with E-state index in [1.54, 1.807) is 24.3 Å². The predicted molar refractivity (Wildman–Crippen MR) is 201 cm³/mol. The average Bonchev–Trinajstić information content (AvgIpc) is 3.49. The van der Waals surface area contributed by atoms with E-state index in [9.17, 15) is 24.3 Å². The van der Waals surface area contributed by atoms with Gasteiger partial charge in [-0.3, -0.25) is 24.5 Å². The Kier molecular flexibility index (Phi) is 11.9. The van der Waals surface area contributed by atoms with Crippen molar-refractivity contribution in [2.45, 2.75) is 44.7 Å². The first-order chi connectivity index (χ1) is 25.3. The van der Waals surface area contributed by atoms with Gasteiger partial charge in [-0.05, 0) is 83.5 Å². The summed E-state index contributed by atoms with van der Waals surface area (Å²) in [6.45, 7) is 1.47. The average molecular weight is 721 g/mol. The Labute approximate surface area is 307 Å². The number of nitrogens with zero attached hydrogens (tertiary/aromatic N) is 1. The van der Waals surface area contributed by atoms with Crippen LogP contribution >= 0.6 is 11.6 Å². The highest BCUT2D eigenvalue weighted by Crippen LogP contribution is 2.36. The summed E-state index contributed by atoms with van der Waals surface area (Å²) >= 11 is 6.27. The number of ether oxygens (including phenoxy) is 1. The number of carbonyl (C=O) groups excluding carboxylic acids is 4. The number of fused-ring (bicyclic) bond motifs is 1. The fourth-order valence-corrected chi connectivity index (χ4v) is 6.87. The van der Waals surface area contributed by atoms with Crippen LogP contribution < -0.4 is 20.7 Å². The van der Waals surface area contributed by atoms with Crippen molar-refractivity contribution in [3.05, 3.63) is 125 Å². The number of aromatic hydroxyl groups is 1. The van der Waals surface area contributed by atoms with Gasteiger partial charge in [0.05, 0.1) is 6.54 Å². The Hall–Kier alpha value is -5.61. The highest BCUT2D eigenvalue weighted by atomic mass is 35.5. The number of phenolic OH excluding ortho intramolecular Hbond substituents is 1. The van der Waals surface area contributed by atoms with Gasteiger partial charge in [-0.1, -0.05) is 60.7 Å². The molecule has 2 aliphatic rings. The van der Waals surface area contributed by atoms with Crippen molar-refractivity contribution in [2.24, 2.45) is 0 Å². The van der Waals surface area contributed by atoms with Gasteiger partial charge in [-0.15, -0.1) is 11.6 Å². The van der Waals surface area contributed by atoms with Crippen LogP contribution in [0.3, 0.4) is 0 Å². The third-order valence-electron chi connectivity index (χ3n) is 9.24. The Morgan fingerprint density at radius 1 is 0.865 bits per heavy atom. The first-order valence-corrected chi connectivity index (χ1v) is 18.0. The molecule has 0 aromatic heterocycles. The lowest BCUT2D eigenvalue weighted by atomic mass is 9.88. The van der Waals surface area contributed by atoms with E-state index in [-0.39, 0.29) is 36.4 Å². The molecule has 1 atom stereocenters. The van der Waals surface area contributed by atoms with Crippen LogP contribution in [0.15, 0.2) is 97.1 Å². The largest absolute Gasteiger partial charge is 0.508 e. The Morgan fingerprint density at radius 3 is 2.31 bits per heavy atom. The molecule has 6 rings (SSSR count). The maximum Gasteiger partial charge on any atom is 0.255 e. The van der Waals surface area contributed by atoms with E-state index >= 15 is 0 Å². The molecular weight excluding hydrogens is 680 g/mol. The van der Waals surface area contributed by atoms with E-state index in [2.05, 4.69) is 28.1 Å². The van der Waals surface area contributed by atoms with E-state index in [4.69, 9.17) is 16.3 Å². The molecule has 4 N–H and O–H groups in total. The minimum Gasteiger partial charge on any atom is -0.508 e. The number of benzene rings is 4. The Balaban J connectivity index is 0.975. The number of anilines is 1. The lowest BCUT2D eigenvalue weighted by molar-refractivity contribution is -0.137. The molecule has 0 aliphatic carbocycles. The molecule has 2 heterocycles. The molecule has 1 fully saturated rings. The van der Waals surface area contributed by atoms with Crippen LogP contribution in [0.5, 0.6) is 11.5 Å². The van der Waals surface area contributed by atoms with Crippen molar-refractivity contribution in [1.29, 1.82) is 0 Å². The molecule has 4 aromatic rings. The van der Waals surface area contributed by atoms with Gasteiger partial charge in [-0.2, -0.15) is 0 Å². The molecule has 0 saturated carbocycles. The number of amides is 4. The molecule has 52 heavy (non-hydrogen) atoms. The molecule has 0 bridgehead atoms. The van der Waals surface area contributed by atoms with Gasteiger partial charge >= 0.3 is 0 Å². The van der Waals surface area contributed by atoms with Crippen LogP contribution in [0.25, 0.3) is 11.1 Å². The van der Waals surface area contributed by atoms with Gasteiger partial charge in [0.2, 0.25) is 17.7 Å². The molecule has 10 nitrogen and oxygen atoms in total. The number of imide groups is 1. The number of hydrogen-bond acceptors (Lipinski definition) is 7. The minimum atomic E-state index is -0.668. The van der Waals surface area contributed by atoms with Crippen LogP contribution in [0, 0.1) is 0 Å². The van der Waals surface area contributed by atoms with Crippen LogP contribution in [-0.2, 0) is 20.9 Å². The number of alkyl halides is 1. The van der Waals surface area contributed by atoms with Gasteiger partial charge in [0.25, 0.3) is 5.91 Å². The van der Waals surface area contributed by atoms with Crippen molar-refractivity contribution < 1.29 is 29.0 Å². The summed E-state index contributed by atoms with van der Waals surface area (Å²) in [4.78, 5) is 51.1. The SMILES string of the molecule is O=C(CCCNc1cccc2c1CN(C1CCC(=O)NC1=O)C2=O)NCCOc1ccc(C(=C(CCCl)c2ccccc2)c2ccc(O)cc2)cc1. The minimum absolute atomic E-state index is 0.0883. The van der Waals surface area contributed by atoms with E-state index in [1.165, 1.54) is 4.90 Å². The molecule has 1 unspecified atom stereocenters. The zero-order valence-corrected chi connectivity index (χ0v) is 29.5. The van der Waals surface area contributed by atoms with E-state index in [0.717, 1.165) is 39.1 Å². The van der Waals surface area contributed by atoms with Gasteiger partial charge in [0, 0.05) is 48.6 Å². The van der Waals surface area contributed by atoms with Crippen LogP contribution in [0.2, 0.25) is 0 Å². The number of rotatable bonds is 15. The van der Waals surface area contributed by atoms with Crippen molar-refractivity contribution >= 4 is 52.1 Å². The second-order valence-corrected chi connectivity index (χ2v) is 13.1. The summed E-state index contributed by atoms with van der Waals surface area (Å²) in [5.41, 5.74) is 7.31. The zero-order valence-electron chi connectivity index (χ0n) is 28.7. The van der Waals surface area contributed by atoms with Gasteiger partial charge < -0.3 is 25.4 Å². The second-order valence-electron chi connectivity index (χ2n) is 12.7. The summed E-state index contributed by atoms with van der Waals surface area (Å²) in [5, 5.41) is 18.5. The lowest BCUT2D eigenvalue weighted by Crippen LogP contribution is -2.52. The van der Waals surface area contributed by atoms with Gasteiger partial charge in [0.15, 0.2) is 0 Å². The van der Waals surface area contributed by atoms with Crippen LogP contribution in [0.4, 0.5) is 5.69 Å². The monoisotopic (exact) mass is 720 g/mol. The number of carbonyl (C=O) groups is 4. The fraction of sp³-hybridized carbons (Fsp3) is 0.268. The molecule has 2 aliphatic heterocycles. The first-order valence-electron chi connectivity index (χ1n) is 17.5. The molecular formula is C41H41ClN4O6.